The second-order valence-electron chi connectivity index (χ2n) is 5.44. The lowest BCUT2D eigenvalue weighted by Crippen LogP contribution is -2.49. The molecule has 2 atom stereocenters. The molecule has 0 spiro atoms. The predicted octanol–water partition coefficient (Wildman–Crippen LogP) is 3.33. The Bertz CT molecular complexity index is 579. The summed E-state index contributed by atoms with van der Waals surface area (Å²) in [5.74, 6) is 0. The van der Waals surface area contributed by atoms with Crippen LogP contribution in [-0.2, 0) is 10.9 Å². The van der Waals surface area contributed by atoms with E-state index in [0.29, 0.717) is 18.8 Å². The maximum Gasteiger partial charge on any atom is 0.416 e. The normalized spacial score (nSPS) is 25.5. The third-order valence-corrected chi connectivity index (χ3v) is 4.24. The molecule has 0 aromatic heterocycles. The second kappa shape index (κ2) is 5.23. The highest BCUT2D eigenvalue weighted by Gasteiger charge is 2.38. The van der Waals surface area contributed by atoms with Crippen molar-refractivity contribution < 1.29 is 17.9 Å². The summed E-state index contributed by atoms with van der Waals surface area (Å²) in [4.78, 5) is 2.04. The molecule has 112 valence electrons. The Morgan fingerprint density at radius 2 is 2.10 bits per heavy atom. The molecule has 0 radical (unpaired) electrons. The Hall–Kier alpha value is -1.74. The fourth-order valence-electron chi connectivity index (χ4n) is 3.28. The number of hydrogen-bond donors (Lipinski definition) is 0. The Kier molecular flexibility index (Phi) is 3.54. The Balaban J connectivity index is 1.96. The zero-order chi connectivity index (χ0) is 15.0. The summed E-state index contributed by atoms with van der Waals surface area (Å²) in [6, 6.07) is 5.48. The average Bonchev–Trinajstić information content (AvgIpc) is 2.94. The summed E-state index contributed by atoms with van der Waals surface area (Å²) < 4.78 is 44.0. The minimum Gasteiger partial charge on any atom is -0.374 e. The molecule has 1 aromatic rings. The molecule has 1 heterocycles. The largest absolute Gasteiger partial charge is 0.416 e. The molecule has 6 heteroatoms. The van der Waals surface area contributed by atoms with Crippen molar-refractivity contribution >= 4 is 5.69 Å². The van der Waals surface area contributed by atoms with Gasteiger partial charge in [0.25, 0.3) is 0 Å². The summed E-state index contributed by atoms with van der Waals surface area (Å²) in [5, 5.41) is 9.20. The molecule has 2 fully saturated rings. The summed E-state index contributed by atoms with van der Waals surface area (Å²) >= 11 is 0. The summed E-state index contributed by atoms with van der Waals surface area (Å²) in [6.07, 6.45) is -1.31. The molecule has 0 bridgehead atoms. The molecular weight excluding hydrogens is 281 g/mol. The van der Waals surface area contributed by atoms with E-state index >= 15 is 0 Å². The van der Waals surface area contributed by atoms with E-state index < -0.39 is 11.7 Å². The van der Waals surface area contributed by atoms with Crippen LogP contribution in [0.15, 0.2) is 18.2 Å². The van der Waals surface area contributed by atoms with Crippen molar-refractivity contribution in [2.75, 3.05) is 18.1 Å². The van der Waals surface area contributed by atoms with E-state index in [2.05, 4.69) is 0 Å². The molecule has 1 saturated carbocycles. The van der Waals surface area contributed by atoms with Crippen molar-refractivity contribution in [1.82, 2.24) is 0 Å². The van der Waals surface area contributed by atoms with E-state index in [0.717, 1.165) is 31.4 Å². The minimum atomic E-state index is -4.43. The minimum absolute atomic E-state index is 0.0809. The van der Waals surface area contributed by atoms with Crippen LogP contribution >= 0.6 is 0 Å². The van der Waals surface area contributed by atoms with Gasteiger partial charge in [0.15, 0.2) is 0 Å². The molecule has 3 nitrogen and oxygen atoms in total. The van der Waals surface area contributed by atoms with Gasteiger partial charge in [-0.05, 0) is 37.5 Å². The zero-order valence-corrected chi connectivity index (χ0v) is 11.4. The molecule has 3 rings (SSSR count). The molecule has 2 unspecified atom stereocenters. The van der Waals surface area contributed by atoms with Crippen molar-refractivity contribution in [3.05, 3.63) is 29.3 Å². The van der Waals surface area contributed by atoms with Crippen LogP contribution in [0.4, 0.5) is 18.9 Å². The standard InChI is InChI=1S/C15H15F3N2O/c16-15(17,18)11-4-5-12(10(8-11)9-19)20-6-7-21-14-3-1-2-13(14)20/h4-5,8,13-14H,1-3,6-7H2. The number of hydrogen-bond acceptors (Lipinski definition) is 3. The fraction of sp³-hybridized carbons (Fsp3) is 0.533. The fourth-order valence-corrected chi connectivity index (χ4v) is 3.28. The smallest absolute Gasteiger partial charge is 0.374 e. The monoisotopic (exact) mass is 296 g/mol. The first-order valence-corrected chi connectivity index (χ1v) is 7.00. The van der Waals surface area contributed by atoms with Gasteiger partial charge < -0.3 is 9.64 Å². The van der Waals surface area contributed by atoms with Gasteiger partial charge in [0, 0.05) is 6.54 Å². The number of rotatable bonds is 1. The molecule has 1 aliphatic heterocycles. The van der Waals surface area contributed by atoms with E-state index in [1.165, 1.54) is 6.07 Å². The van der Waals surface area contributed by atoms with Crippen molar-refractivity contribution in [2.24, 2.45) is 0 Å². The van der Waals surface area contributed by atoms with Crippen LogP contribution in [0.3, 0.4) is 0 Å². The lowest BCUT2D eigenvalue weighted by Gasteiger charge is -2.39. The molecule has 1 saturated heterocycles. The molecule has 1 aromatic carbocycles. The van der Waals surface area contributed by atoms with Gasteiger partial charge in [0.1, 0.15) is 6.07 Å². The summed E-state index contributed by atoms with van der Waals surface area (Å²) in [7, 11) is 0. The van der Waals surface area contributed by atoms with Gasteiger partial charge in [-0.25, -0.2) is 0 Å². The van der Waals surface area contributed by atoms with E-state index in [9.17, 15) is 18.4 Å². The van der Waals surface area contributed by atoms with Gasteiger partial charge in [-0.15, -0.1) is 0 Å². The van der Waals surface area contributed by atoms with Gasteiger partial charge in [0.2, 0.25) is 0 Å². The second-order valence-corrected chi connectivity index (χ2v) is 5.44. The van der Waals surface area contributed by atoms with Crippen LogP contribution in [0.2, 0.25) is 0 Å². The van der Waals surface area contributed by atoms with Crippen LogP contribution < -0.4 is 4.90 Å². The molecule has 21 heavy (non-hydrogen) atoms. The van der Waals surface area contributed by atoms with E-state index in [-0.39, 0.29) is 17.7 Å². The van der Waals surface area contributed by atoms with E-state index in [1.807, 2.05) is 11.0 Å². The van der Waals surface area contributed by atoms with Crippen molar-refractivity contribution in [1.29, 1.82) is 5.26 Å². The van der Waals surface area contributed by atoms with Crippen LogP contribution in [0, 0.1) is 11.3 Å². The molecular formula is C15H15F3N2O. The first-order chi connectivity index (χ1) is 10.0. The first kappa shape index (κ1) is 14.2. The number of ether oxygens (including phenoxy) is 1. The van der Waals surface area contributed by atoms with Gasteiger partial charge in [-0.1, -0.05) is 0 Å². The SMILES string of the molecule is N#Cc1cc(C(F)(F)F)ccc1N1CCOC2CCCC21. The van der Waals surface area contributed by atoms with Gasteiger partial charge >= 0.3 is 6.18 Å². The summed E-state index contributed by atoms with van der Waals surface area (Å²) in [5.41, 5.74) is -0.109. The Morgan fingerprint density at radius 1 is 1.29 bits per heavy atom. The van der Waals surface area contributed by atoms with E-state index in [4.69, 9.17) is 4.74 Å². The average molecular weight is 296 g/mol. The van der Waals surface area contributed by atoms with Crippen LogP contribution in [0.25, 0.3) is 0 Å². The topological polar surface area (TPSA) is 36.3 Å². The van der Waals surface area contributed by atoms with Crippen LogP contribution in [-0.4, -0.2) is 25.3 Å². The quantitative estimate of drug-likeness (QED) is 0.797. The Labute approximate surface area is 120 Å². The van der Waals surface area contributed by atoms with E-state index in [1.54, 1.807) is 0 Å². The van der Waals surface area contributed by atoms with Gasteiger partial charge in [-0.3, -0.25) is 0 Å². The number of nitrogens with zero attached hydrogens (tertiary/aromatic N) is 2. The summed E-state index contributed by atoms with van der Waals surface area (Å²) in [6.45, 7) is 1.16. The highest BCUT2D eigenvalue weighted by Crippen LogP contribution is 2.37. The van der Waals surface area contributed by atoms with Crippen molar-refractivity contribution in [3.8, 4) is 6.07 Å². The van der Waals surface area contributed by atoms with Gasteiger partial charge in [-0.2, -0.15) is 18.4 Å². The maximum absolute atomic E-state index is 12.8. The van der Waals surface area contributed by atoms with Crippen molar-refractivity contribution in [3.63, 3.8) is 0 Å². The first-order valence-electron chi connectivity index (χ1n) is 7.00. The van der Waals surface area contributed by atoms with Crippen molar-refractivity contribution in [2.45, 2.75) is 37.6 Å². The van der Waals surface area contributed by atoms with Crippen LogP contribution in [0.5, 0.6) is 0 Å². The third-order valence-electron chi connectivity index (χ3n) is 4.24. The number of anilines is 1. The number of nitriles is 1. The molecule has 0 N–H and O–H groups in total. The third kappa shape index (κ3) is 2.58. The number of fused-ring (bicyclic) bond motifs is 1. The predicted molar refractivity (Wildman–Crippen MR) is 70.9 cm³/mol. The number of alkyl halides is 3. The number of halogens is 3. The van der Waals surface area contributed by atoms with Gasteiger partial charge in [0.05, 0.1) is 35.6 Å². The lowest BCUT2D eigenvalue weighted by molar-refractivity contribution is -0.137. The Morgan fingerprint density at radius 3 is 2.81 bits per heavy atom. The number of morpholine rings is 1. The zero-order valence-electron chi connectivity index (χ0n) is 11.4. The lowest BCUT2D eigenvalue weighted by atomic mass is 10.0. The highest BCUT2D eigenvalue weighted by molar-refractivity contribution is 5.62. The molecule has 2 aliphatic rings. The van der Waals surface area contributed by atoms with Crippen LogP contribution in [0.1, 0.15) is 30.4 Å². The molecule has 0 amide bonds. The maximum atomic E-state index is 12.8. The molecule has 1 aliphatic carbocycles. The number of benzene rings is 1. The highest BCUT2D eigenvalue weighted by atomic mass is 19.4.